The number of nitro benzene ring substituents is 1. The van der Waals surface area contributed by atoms with Crippen molar-refractivity contribution in [3.63, 3.8) is 0 Å². The van der Waals surface area contributed by atoms with Crippen LogP contribution in [0.4, 0.5) is 5.69 Å². The number of non-ortho nitro benzene ring substituents is 1. The number of nitro groups is 1. The van der Waals surface area contributed by atoms with E-state index < -0.39 is 32.6 Å². The average molecular weight is 384 g/mol. The van der Waals surface area contributed by atoms with Crippen molar-refractivity contribution in [2.45, 2.75) is 36.5 Å². The van der Waals surface area contributed by atoms with E-state index in [2.05, 4.69) is 0 Å². The lowest BCUT2D eigenvalue weighted by atomic mass is 10.00. The zero-order valence-corrected chi connectivity index (χ0v) is 15.1. The molecule has 0 N–H and O–H groups in total. The highest BCUT2D eigenvalue weighted by Crippen LogP contribution is 2.28. The molecule has 2 saturated heterocycles. The number of ether oxygens (including phenoxy) is 2. The van der Waals surface area contributed by atoms with Gasteiger partial charge in [0.1, 0.15) is 0 Å². The van der Waals surface area contributed by atoms with Gasteiger partial charge < -0.3 is 14.4 Å². The van der Waals surface area contributed by atoms with Crippen LogP contribution in [-0.2, 0) is 19.3 Å². The normalized spacial score (nSPS) is 21.7. The quantitative estimate of drug-likeness (QED) is 0.568. The highest BCUT2D eigenvalue weighted by molar-refractivity contribution is 7.90. The van der Waals surface area contributed by atoms with Crippen LogP contribution in [0.1, 0.15) is 29.6 Å². The van der Waals surface area contributed by atoms with Crippen molar-refractivity contribution < 1.29 is 27.6 Å². The molecule has 2 aliphatic heterocycles. The predicted octanol–water partition coefficient (Wildman–Crippen LogP) is 1.37. The van der Waals surface area contributed by atoms with E-state index >= 15 is 0 Å². The third kappa shape index (κ3) is 3.87. The molecule has 0 aromatic heterocycles. The molecule has 1 unspecified atom stereocenters. The van der Waals surface area contributed by atoms with Gasteiger partial charge in [0, 0.05) is 30.5 Å². The Balaban J connectivity index is 1.97. The van der Waals surface area contributed by atoms with E-state index in [0.717, 1.165) is 31.2 Å². The maximum absolute atomic E-state index is 13.0. The minimum atomic E-state index is -3.70. The van der Waals surface area contributed by atoms with Crippen molar-refractivity contribution in [1.29, 1.82) is 0 Å². The van der Waals surface area contributed by atoms with Crippen LogP contribution >= 0.6 is 0 Å². The lowest BCUT2D eigenvalue weighted by Crippen LogP contribution is -2.50. The third-order valence-electron chi connectivity index (χ3n) is 4.55. The fourth-order valence-corrected chi connectivity index (χ4v) is 3.96. The molecule has 0 radical (unpaired) electrons. The molecule has 142 valence electrons. The number of rotatable bonds is 4. The number of benzene rings is 1. The van der Waals surface area contributed by atoms with Gasteiger partial charge in [0.2, 0.25) is 0 Å². The summed E-state index contributed by atoms with van der Waals surface area (Å²) < 4.78 is 34.7. The molecular formula is C16H20N2O7S. The van der Waals surface area contributed by atoms with Crippen LogP contribution in [0.15, 0.2) is 23.1 Å². The summed E-state index contributed by atoms with van der Waals surface area (Å²) in [6, 6.07) is 2.97. The van der Waals surface area contributed by atoms with E-state index in [1.54, 1.807) is 4.90 Å². The Morgan fingerprint density at radius 2 is 1.92 bits per heavy atom. The molecule has 1 atom stereocenters. The summed E-state index contributed by atoms with van der Waals surface area (Å²) in [4.78, 5) is 24.8. The predicted molar refractivity (Wildman–Crippen MR) is 90.6 cm³/mol. The number of likely N-dealkylation sites (tertiary alicyclic amines) is 1. The second-order valence-corrected chi connectivity index (χ2v) is 8.43. The summed E-state index contributed by atoms with van der Waals surface area (Å²) in [5.41, 5.74) is -0.456. The fraction of sp³-hybridized carbons (Fsp3) is 0.562. The number of piperidine rings is 1. The Kier molecular flexibility index (Phi) is 5.26. The molecule has 2 aliphatic rings. The first-order valence-corrected chi connectivity index (χ1v) is 10.2. The Bertz CT molecular complexity index is 818. The number of sulfone groups is 1. The second kappa shape index (κ2) is 7.29. The summed E-state index contributed by atoms with van der Waals surface area (Å²) >= 11 is 0. The van der Waals surface area contributed by atoms with Gasteiger partial charge in [-0.05, 0) is 25.3 Å². The monoisotopic (exact) mass is 384 g/mol. The molecule has 1 aromatic carbocycles. The molecule has 1 amide bonds. The molecule has 2 heterocycles. The first-order valence-electron chi connectivity index (χ1n) is 8.31. The molecule has 3 rings (SSSR count). The fourth-order valence-electron chi connectivity index (χ4n) is 3.28. The van der Waals surface area contributed by atoms with Crippen LogP contribution in [0.2, 0.25) is 0 Å². The van der Waals surface area contributed by atoms with Crippen molar-refractivity contribution in [3.05, 3.63) is 33.9 Å². The first-order chi connectivity index (χ1) is 12.3. The molecule has 2 fully saturated rings. The Morgan fingerprint density at radius 1 is 1.23 bits per heavy atom. The summed E-state index contributed by atoms with van der Waals surface area (Å²) in [6.07, 6.45) is 2.84. The molecule has 0 bridgehead atoms. The zero-order chi connectivity index (χ0) is 18.9. The van der Waals surface area contributed by atoms with Gasteiger partial charge in [-0.15, -0.1) is 0 Å². The SMILES string of the molecule is CS(=O)(=O)c1cc(C(=O)N2CCCCC2C2OCCO2)cc([N+](=O)[O-])c1. The van der Waals surface area contributed by atoms with Gasteiger partial charge in [-0.2, -0.15) is 0 Å². The number of hydrogen-bond acceptors (Lipinski definition) is 7. The van der Waals surface area contributed by atoms with Crippen LogP contribution in [0.5, 0.6) is 0 Å². The number of carbonyl (C=O) groups excluding carboxylic acids is 1. The Labute approximate surface area is 150 Å². The van der Waals surface area contributed by atoms with E-state index in [9.17, 15) is 23.3 Å². The molecule has 0 aliphatic carbocycles. The second-order valence-electron chi connectivity index (χ2n) is 6.42. The van der Waals surface area contributed by atoms with Gasteiger partial charge >= 0.3 is 0 Å². The summed E-state index contributed by atoms with van der Waals surface area (Å²) in [5.74, 6) is -0.456. The molecular weight excluding hydrogens is 364 g/mol. The number of carbonyl (C=O) groups is 1. The van der Waals surface area contributed by atoms with Crippen LogP contribution in [0, 0.1) is 10.1 Å². The largest absolute Gasteiger partial charge is 0.348 e. The highest BCUT2D eigenvalue weighted by Gasteiger charge is 2.37. The van der Waals surface area contributed by atoms with Crippen molar-refractivity contribution in [2.24, 2.45) is 0 Å². The van der Waals surface area contributed by atoms with Crippen LogP contribution in [-0.4, -0.2) is 62.5 Å². The number of nitrogens with zero attached hydrogens (tertiary/aromatic N) is 2. The number of amides is 1. The lowest BCUT2D eigenvalue weighted by Gasteiger charge is -2.38. The molecule has 26 heavy (non-hydrogen) atoms. The summed E-state index contributed by atoms with van der Waals surface area (Å²) in [5, 5.41) is 11.2. The highest BCUT2D eigenvalue weighted by atomic mass is 32.2. The van der Waals surface area contributed by atoms with E-state index in [1.165, 1.54) is 6.07 Å². The van der Waals surface area contributed by atoms with Crippen molar-refractivity contribution >= 4 is 21.4 Å². The van der Waals surface area contributed by atoms with Gasteiger partial charge in [0.05, 0.1) is 29.1 Å². The maximum atomic E-state index is 13.0. The van der Waals surface area contributed by atoms with Gasteiger partial charge in [0.25, 0.3) is 11.6 Å². The van der Waals surface area contributed by atoms with E-state index in [1.807, 2.05) is 0 Å². The topological polar surface area (TPSA) is 116 Å². The van der Waals surface area contributed by atoms with Crippen LogP contribution in [0.3, 0.4) is 0 Å². The van der Waals surface area contributed by atoms with Crippen molar-refractivity contribution in [3.8, 4) is 0 Å². The van der Waals surface area contributed by atoms with E-state index in [-0.39, 0.29) is 16.5 Å². The Hall–Kier alpha value is -2.04. The van der Waals surface area contributed by atoms with Crippen LogP contribution < -0.4 is 0 Å². The molecule has 0 spiro atoms. The van der Waals surface area contributed by atoms with Gasteiger partial charge in [-0.3, -0.25) is 14.9 Å². The van der Waals surface area contributed by atoms with Crippen LogP contribution in [0.25, 0.3) is 0 Å². The van der Waals surface area contributed by atoms with Gasteiger partial charge in [0.15, 0.2) is 16.1 Å². The summed E-state index contributed by atoms with van der Waals surface area (Å²) in [6.45, 7) is 1.38. The smallest absolute Gasteiger partial charge is 0.271 e. The maximum Gasteiger partial charge on any atom is 0.271 e. The van der Waals surface area contributed by atoms with Gasteiger partial charge in [-0.1, -0.05) is 0 Å². The van der Waals surface area contributed by atoms with E-state index in [0.29, 0.717) is 26.2 Å². The average Bonchev–Trinajstić information content (AvgIpc) is 3.14. The van der Waals surface area contributed by atoms with Crippen molar-refractivity contribution in [1.82, 2.24) is 4.90 Å². The van der Waals surface area contributed by atoms with E-state index in [4.69, 9.17) is 9.47 Å². The number of hydrogen-bond donors (Lipinski definition) is 0. The van der Waals surface area contributed by atoms with Gasteiger partial charge in [-0.25, -0.2) is 8.42 Å². The lowest BCUT2D eigenvalue weighted by molar-refractivity contribution is -0.385. The molecule has 9 nitrogen and oxygen atoms in total. The first kappa shape index (κ1) is 18.7. The minimum absolute atomic E-state index is 0.0236. The third-order valence-corrected chi connectivity index (χ3v) is 5.64. The molecule has 1 aromatic rings. The van der Waals surface area contributed by atoms with Crippen molar-refractivity contribution in [2.75, 3.05) is 26.0 Å². The Morgan fingerprint density at radius 3 is 2.54 bits per heavy atom. The standard InChI is InChI=1S/C16H20N2O7S/c1-26(22,23)13-9-11(8-12(10-13)18(20)21)15(19)17-5-3-2-4-14(17)16-24-6-7-25-16/h8-10,14,16H,2-7H2,1H3. The minimum Gasteiger partial charge on any atom is -0.348 e. The zero-order valence-electron chi connectivity index (χ0n) is 14.3. The summed E-state index contributed by atoms with van der Waals surface area (Å²) in [7, 11) is -3.70. The molecule has 10 heteroatoms. The molecule has 0 saturated carbocycles.